The Bertz CT molecular complexity index is 202. The van der Waals surface area contributed by atoms with Gasteiger partial charge in [0.2, 0.25) is 0 Å². The van der Waals surface area contributed by atoms with Gasteiger partial charge in [-0.1, -0.05) is 0 Å². The minimum absolute atomic E-state index is 0.0403. The smallest absolute Gasteiger partial charge is 0.317 e. The van der Waals surface area contributed by atoms with E-state index in [2.05, 4.69) is 31.0 Å². The topological polar surface area (TPSA) is 35.6 Å². The molecule has 0 spiro atoms. The third kappa shape index (κ3) is 2.61. The first-order valence-electron chi connectivity index (χ1n) is 5.17. The predicted octanol–water partition coefficient (Wildman–Crippen LogP) is 0.742. The van der Waals surface area contributed by atoms with E-state index in [-0.39, 0.29) is 11.6 Å². The second kappa shape index (κ2) is 4.17. The minimum Gasteiger partial charge on any atom is -0.341 e. The molecule has 0 bridgehead atoms. The molecule has 0 radical (unpaired) electrons. The van der Waals surface area contributed by atoms with Crippen molar-refractivity contribution < 1.29 is 4.79 Å². The first-order valence-corrected chi connectivity index (χ1v) is 5.17. The molecule has 1 rings (SSSR count). The molecule has 1 aliphatic rings. The maximum atomic E-state index is 11.3. The Morgan fingerprint density at radius 1 is 1.14 bits per heavy atom. The zero-order valence-electron chi connectivity index (χ0n) is 9.63. The van der Waals surface area contributed by atoms with Crippen LogP contribution in [0.4, 0.5) is 4.79 Å². The molecule has 1 heterocycles. The monoisotopic (exact) mass is 199 g/mol. The number of nitrogens with one attached hydrogen (secondary N) is 1. The molecule has 1 fully saturated rings. The van der Waals surface area contributed by atoms with Crippen LogP contribution in [0.25, 0.3) is 0 Å². The normalized spacial score (nSPS) is 19.6. The summed E-state index contributed by atoms with van der Waals surface area (Å²) in [6.07, 6.45) is 0. The number of nitrogens with zero attached hydrogens (tertiary/aromatic N) is 2. The van der Waals surface area contributed by atoms with Gasteiger partial charge in [0, 0.05) is 38.8 Å². The van der Waals surface area contributed by atoms with E-state index in [0.717, 1.165) is 26.2 Å². The third-order valence-corrected chi connectivity index (χ3v) is 2.73. The molecule has 0 aromatic rings. The molecule has 14 heavy (non-hydrogen) atoms. The minimum atomic E-state index is 0.0403. The number of hydrogen-bond donors (Lipinski definition) is 1. The molecule has 1 aliphatic heterocycles. The van der Waals surface area contributed by atoms with Crippen LogP contribution in [0.15, 0.2) is 0 Å². The van der Waals surface area contributed by atoms with Crippen molar-refractivity contribution in [3.8, 4) is 0 Å². The summed E-state index contributed by atoms with van der Waals surface area (Å²) in [5, 5.41) is 2.66. The molecular weight excluding hydrogens is 178 g/mol. The van der Waals surface area contributed by atoms with Crippen LogP contribution < -0.4 is 5.32 Å². The van der Waals surface area contributed by atoms with Gasteiger partial charge < -0.3 is 10.2 Å². The summed E-state index contributed by atoms with van der Waals surface area (Å²) in [7, 11) is 1.68. The quantitative estimate of drug-likeness (QED) is 0.624. The van der Waals surface area contributed by atoms with Gasteiger partial charge in [-0.05, 0) is 20.8 Å². The SMILES string of the molecule is CNC(=O)N1CCN(C(C)(C)C)CC1. The van der Waals surface area contributed by atoms with Gasteiger partial charge in [-0.2, -0.15) is 0 Å². The van der Waals surface area contributed by atoms with E-state index in [9.17, 15) is 4.79 Å². The van der Waals surface area contributed by atoms with E-state index in [1.807, 2.05) is 4.90 Å². The van der Waals surface area contributed by atoms with Crippen LogP contribution in [0.3, 0.4) is 0 Å². The number of piperazine rings is 1. The van der Waals surface area contributed by atoms with Crippen LogP contribution in [-0.2, 0) is 0 Å². The molecular formula is C10H21N3O. The maximum absolute atomic E-state index is 11.3. The Morgan fingerprint density at radius 3 is 2.00 bits per heavy atom. The van der Waals surface area contributed by atoms with Crippen LogP contribution in [0.1, 0.15) is 20.8 Å². The summed E-state index contributed by atoms with van der Waals surface area (Å²) in [5.41, 5.74) is 0.217. The van der Waals surface area contributed by atoms with Gasteiger partial charge in [0.1, 0.15) is 0 Å². The van der Waals surface area contributed by atoms with Gasteiger partial charge in [-0.3, -0.25) is 4.90 Å². The highest BCUT2D eigenvalue weighted by Gasteiger charge is 2.27. The Labute approximate surface area is 86.2 Å². The number of carbonyl (C=O) groups is 1. The molecule has 0 aliphatic carbocycles. The van der Waals surface area contributed by atoms with Crippen molar-refractivity contribution in [1.29, 1.82) is 0 Å². The van der Waals surface area contributed by atoms with Crippen molar-refractivity contribution >= 4 is 6.03 Å². The molecule has 0 aromatic heterocycles. The van der Waals surface area contributed by atoms with Crippen LogP contribution >= 0.6 is 0 Å². The summed E-state index contributed by atoms with van der Waals surface area (Å²) in [5.74, 6) is 0. The molecule has 4 nitrogen and oxygen atoms in total. The average molecular weight is 199 g/mol. The highest BCUT2D eigenvalue weighted by molar-refractivity contribution is 5.73. The first kappa shape index (κ1) is 11.3. The Balaban J connectivity index is 2.43. The van der Waals surface area contributed by atoms with Crippen LogP contribution in [0, 0.1) is 0 Å². The van der Waals surface area contributed by atoms with Gasteiger partial charge in [0.15, 0.2) is 0 Å². The molecule has 0 saturated carbocycles. The van der Waals surface area contributed by atoms with E-state index in [4.69, 9.17) is 0 Å². The van der Waals surface area contributed by atoms with E-state index in [1.54, 1.807) is 7.05 Å². The maximum Gasteiger partial charge on any atom is 0.317 e. The summed E-state index contributed by atoms with van der Waals surface area (Å²) < 4.78 is 0. The highest BCUT2D eigenvalue weighted by Crippen LogP contribution is 2.15. The second-order valence-corrected chi connectivity index (χ2v) is 4.70. The Morgan fingerprint density at radius 2 is 1.64 bits per heavy atom. The lowest BCUT2D eigenvalue weighted by molar-refractivity contribution is 0.0748. The molecule has 0 aromatic carbocycles. The second-order valence-electron chi connectivity index (χ2n) is 4.70. The van der Waals surface area contributed by atoms with Crippen molar-refractivity contribution in [3.05, 3.63) is 0 Å². The fraction of sp³-hybridized carbons (Fsp3) is 0.900. The highest BCUT2D eigenvalue weighted by atomic mass is 16.2. The van der Waals surface area contributed by atoms with Gasteiger partial charge in [-0.25, -0.2) is 4.79 Å². The van der Waals surface area contributed by atoms with Gasteiger partial charge in [0.25, 0.3) is 0 Å². The molecule has 4 heteroatoms. The number of carbonyl (C=O) groups excluding carboxylic acids is 1. The molecule has 2 amide bonds. The van der Waals surface area contributed by atoms with Gasteiger partial charge >= 0.3 is 6.03 Å². The van der Waals surface area contributed by atoms with Crippen molar-refractivity contribution in [3.63, 3.8) is 0 Å². The molecule has 0 atom stereocenters. The molecule has 1 saturated heterocycles. The summed E-state index contributed by atoms with van der Waals surface area (Å²) >= 11 is 0. The van der Waals surface area contributed by atoms with Crippen molar-refractivity contribution in [1.82, 2.24) is 15.1 Å². The number of rotatable bonds is 0. The standard InChI is InChI=1S/C10H21N3O/c1-10(2,3)13-7-5-12(6-8-13)9(14)11-4/h5-8H2,1-4H3,(H,11,14). The molecule has 1 N–H and O–H groups in total. The largest absolute Gasteiger partial charge is 0.341 e. The lowest BCUT2D eigenvalue weighted by atomic mass is 10.1. The third-order valence-electron chi connectivity index (χ3n) is 2.73. The molecule has 82 valence electrons. The van der Waals surface area contributed by atoms with E-state index in [1.165, 1.54) is 0 Å². The van der Waals surface area contributed by atoms with Gasteiger partial charge in [-0.15, -0.1) is 0 Å². The lowest BCUT2D eigenvalue weighted by Gasteiger charge is -2.42. The van der Waals surface area contributed by atoms with E-state index < -0.39 is 0 Å². The summed E-state index contributed by atoms with van der Waals surface area (Å²) in [6.45, 7) is 10.2. The predicted molar refractivity (Wildman–Crippen MR) is 57.4 cm³/mol. The zero-order valence-corrected chi connectivity index (χ0v) is 9.63. The average Bonchev–Trinajstić information content (AvgIpc) is 2.15. The fourth-order valence-corrected chi connectivity index (χ4v) is 1.74. The van der Waals surface area contributed by atoms with E-state index in [0.29, 0.717) is 0 Å². The van der Waals surface area contributed by atoms with E-state index >= 15 is 0 Å². The summed E-state index contributed by atoms with van der Waals surface area (Å²) in [6, 6.07) is 0.0403. The Hall–Kier alpha value is -0.770. The van der Waals surface area contributed by atoms with Gasteiger partial charge in [0.05, 0.1) is 0 Å². The van der Waals surface area contributed by atoms with Crippen LogP contribution in [0.2, 0.25) is 0 Å². The zero-order chi connectivity index (χ0) is 10.8. The number of amides is 2. The summed E-state index contributed by atoms with van der Waals surface area (Å²) in [4.78, 5) is 15.6. The number of hydrogen-bond acceptors (Lipinski definition) is 2. The van der Waals surface area contributed by atoms with Crippen molar-refractivity contribution in [2.75, 3.05) is 33.2 Å². The van der Waals surface area contributed by atoms with Crippen LogP contribution in [0.5, 0.6) is 0 Å². The lowest BCUT2D eigenvalue weighted by Crippen LogP contribution is -2.56. The fourth-order valence-electron chi connectivity index (χ4n) is 1.74. The number of urea groups is 1. The van der Waals surface area contributed by atoms with Crippen molar-refractivity contribution in [2.45, 2.75) is 26.3 Å². The Kier molecular flexibility index (Phi) is 3.37. The molecule has 0 unspecified atom stereocenters. The van der Waals surface area contributed by atoms with Crippen LogP contribution in [-0.4, -0.2) is 54.6 Å². The van der Waals surface area contributed by atoms with Crippen molar-refractivity contribution in [2.24, 2.45) is 0 Å². The first-order chi connectivity index (χ1) is 6.45.